The Morgan fingerprint density at radius 3 is 3.14 bits per heavy atom. The Morgan fingerprint density at radius 2 is 2.57 bits per heavy atom. The molecule has 14 heavy (non-hydrogen) atoms. The van der Waals surface area contributed by atoms with Crippen LogP contribution in [0.3, 0.4) is 0 Å². The molecule has 1 aliphatic rings. The van der Waals surface area contributed by atoms with Crippen LogP contribution in [0.5, 0.6) is 0 Å². The Hall–Kier alpha value is -0.870. The van der Waals surface area contributed by atoms with Crippen LogP contribution in [-0.4, -0.2) is 36.8 Å². The van der Waals surface area contributed by atoms with Gasteiger partial charge in [0.25, 0.3) is 0 Å². The number of nitrogens with zero attached hydrogens (tertiary/aromatic N) is 1. The molecule has 1 heterocycles. The fraction of sp³-hybridized carbons (Fsp3) is 0.700. The topological polar surface area (TPSA) is 51.0 Å². The van der Waals surface area contributed by atoms with E-state index in [0.29, 0.717) is 6.61 Å². The number of ether oxygens (including phenoxy) is 2. The Morgan fingerprint density at radius 1 is 1.71 bits per heavy atom. The van der Waals surface area contributed by atoms with Crippen LogP contribution in [-0.2, 0) is 9.47 Å². The van der Waals surface area contributed by atoms with Crippen LogP contribution >= 0.6 is 0 Å². The van der Waals surface area contributed by atoms with Gasteiger partial charge in [0.2, 0.25) is 0 Å². The quantitative estimate of drug-likeness (QED) is 0.306. The Kier molecular flexibility index (Phi) is 5.25. The zero-order valence-electron chi connectivity index (χ0n) is 8.26. The van der Waals surface area contributed by atoms with Gasteiger partial charge in [-0.05, 0) is 19.3 Å². The maximum Gasteiger partial charge on any atom is 0.0875 e. The van der Waals surface area contributed by atoms with E-state index in [4.69, 9.17) is 14.7 Å². The molecule has 0 bridgehead atoms. The molecule has 1 fully saturated rings. The fourth-order valence-electron chi connectivity index (χ4n) is 1.59. The summed E-state index contributed by atoms with van der Waals surface area (Å²) in [5, 5.41) is 11.1. The summed E-state index contributed by atoms with van der Waals surface area (Å²) in [6, 6.07) is 0. The number of hydrogen-bond acceptors (Lipinski definition) is 4. The van der Waals surface area contributed by atoms with Crippen molar-refractivity contribution in [1.29, 1.82) is 0 Å². The average Bonchev–Trinajstić information content (AvgIpc) is 2.70. The van der Waals surface area contributed by atoms with E-state index in [1.165, 1.54) is 6.21 Å². The molecule has 1 N–H and O–H groups in total. The largest absolute Gasteiger partial charge is 0.411 e. The molecular weight excluding hydrogens is 182 g/mol. The van der Waals surface area contributed by atoms with E-state index in [0.717, 1.165) is 25.9 Å². The summed E-state index contributed by atoms with van der Waals surface area (Å²) in [5.74, 6) is 0. The van der Waals surface area contributed by atoms with Crippen molar-refractivity contribution in [1.82, 2.24) is 0 Å². The van der Waals surface area contributed by atoms with E-state index < -0.39 is 0 Å². The van der Waals surface area contributed by atoms with Gasteiger partial charge in [0.15, 0.2) is 0 Å². The van der Waals surface area contributed by atoms with E-state index >= 15 is 0 Å². The normalized spacial score (nSPS) is 24.1. The van der Waals surface area contributed by atoms with Crippen molar-refractivity contribution in [3.05, 3.63) is 12.7 Å². The van der Waals surface area contributed by atoms with Gasteiger partial charge in [-0.25, -0.2) is 0 Å². The monoisotopic (exact) mass is 199 g/mol. The summed E-state index contributed by atoms with van der Waals surface area (Å²) in [5.41, 5.74) is 0. The average molecular weight is 199 g/mol. The van der Waals surface area contributed by atoms with Crippen molar-refractivity contribution < 1.29 is 14.7 Å². The summed E-state index contributed by atoms with van der Waals surface area (Å²) in [6.07, 6.45) is 6.25. The molecule has 1 saturated heterocycles. The number of rotatable bonds is 6. The maximum atomic E-state index is 8.21. The van der Waals surface area contributed by atoms with Crippen molar-refractivity contribution in [3.8, 4) is 0 Å². The van der Waals surface area contributed by atoms with Crippen molar-refractivity contribution in [2.45, 2.75) is 31.5 Å². The van der Waals surface area contributed by atoms with Crippen molar-refractivity contribution >= 4 is 6.21 Å². The minimum atomic E-state index is 0.0352. The van der Waals surface area contributed by atoms with Gasteiger partial charge in [0.1, 0.15) is 0 Å². The lowest BCUT2D eigenvalue weighted by atomic mass is 10.1. The third kappa shape index (κ3) is 3.47. The van der Waals surface area contributed by atoms with Crippen LogP contribution < -0.4 is 0 Å². The molecule has 0 aliphatic carbocycles. The molecule has 1 aliphatic heterocycles. The molecule has 4 heteroatoms. The second-order valence-electron chi connectivity index (χ2n) is 3.25. The Labute approximate surface area is 84.2 Å². The first-order chi connectivity index (χ1) is 6.88. The predicted molar refractivity (Wildman–Crippen MR) is 53.8 cm³/mol. The zero-order chi connectivity index (χ0) is 10.2. The maximum absolute atomic E-state index is 8.21. The lowest BCUT2D eigenvalue weighted by Crippen LogP contribution is -2.28. The fourth-order valence-corrected chi connectivity index (χ4v) is 1.59. The predicted octanol–water partition coefficient (Wildman–Crippen LogP) is 1.59. The van der Waals surface area contributed by atoms with Gasteiger partial charge in [-0.3, -0.25) is 0 Å². The first-order valence-electron chi connectivity index (χ1n) is 4.88. The molecule has 0 amide bonds. The summed E-state index contributed by atoms with van der Waals surface area (Å²) >= 11 is 0. The highest BCUT2D eigenvalue weighted by molar-refractivity contribution is 5.57. The summed E-state index contributed by atoms with van der Waals surface area (Å²) in [4.78, 5) is 0. The van der Waals surface area contributed by atoms with Crippen molar-refractivity contribution in [2.24, 2.45) is 5.16 Å². The third-order valence-electron chi connectivity index (χ3n) is 2.25. The minimum absolute atomic E-state index is 0.0352. The minimum Gasteiger partial charge on any atom is -0.411 e. The molecule has 0 radical (unpaired) electrons. The van der Waals surface area contributed by atoms with Gasteiger partial charge in [0, 0.05) is 6.61 Å². The summed E-state index contributed by atoms with van der Waals surface area (Å²) in [7, 11) is 0. The van der Waals surface area contributed by atoms with Crippen LogP contribution in [0.2, 0.25) is 0 Å². The van der Waals surface area contributed by atoms with E-state index in [1.807, 2.05) is 6.08 Å². The molecule has 0 aromatic carbocycles. The van der Waals surface area contributed by atoms with Crippen LogP contribution in [0.25, 0.3) is 0 Å². The van der Waals surface area contributed by atoms with E-state index in [9.17, 15) is 0 Å². The first-order valence-corrected chi connectivity index (χ1v) is 4.88. The van der Waals surface area contributed by atoms with Gasteiger partial charge >= 0.3 is 0 Å². The lowest BCUT2D eigenvalue weighted by Gasteiger charge is -2.21. The molecule has 1 rings (SSSR count). The highest BCUT2D eigenvalue weighted by Gasteiger charge is 2.25. The van der Waals surface area contributed by atoms with Gasteiger partial charge < -0.3 is 14.7 Å². The van der Waals surface area contributed by atoms with E-state index in [2.05, 4.69) is 11.7 Å². The highest BCUT2D eigenvalue weighted by atomic mass is 16.5. The van der Waals surface area contributed by atoms with Crippen LogP contribution in [0.4, 0.5) is 0 Å². The zero-order valence-corrected chi connectivity index (χ0v) is 8.26. The van der Waals surface area contributed by atoms with Crippen LogP contribution in [0.1, 0.15) is 19.3 Å². The van der Waals surface area contributed by atoms with E-state index in [-0.39, 0.29) is 12.2 Å². The SMILES string of the molecule is C=CC[C@@H](OC/C=N\O)[C@@H]1CCCO1. The number of oxime groups is 1. The summed E-state index contributed by atoms with van der Waals surface area (Å²) in [6.45, 7) is 4.81. The highest BCUT2D eigenvalue weighted by Crippen LogP contribution is 2.20. The molecule has 80 valence electrons. The molecule has 0 aromatic rings. The second-order valence-corrected chi connectivity index (χ2v) is 3.25. The van der Waals surface area contributed by atoms with Crippen LogP contribution in [0, 0.1) is 0 Å². The molecule has 0 spiro atoms. The standard InChI is InChI=1S/C10H17NO3/c1-2-4-9(14-8-6-11-12)10-5-3-7-13-10/h2,6,9-10,12H,1,3-5,7-8H2/b11-6-/t9-,10+/m1/s1. The lowest BCUT2D eigenvalue weighted by molar-refractivity contribution is -0.0333. The molecular formula is C10H17NO3. The van der Waals surface area contributed by atoms with Gasteiger partial charge in [-0.2, -0.15) is 0 Å². The van der Waals surface area contributed by atoms with E-state index in [1.54, 1.807) is 0 Å². The third-order valence-corrected chi connectivity index (χ3v) is 2.25. The molecule has 0 unspecified atom stereocenters. The molecule has 0 aromatic heterocycles. The Bertz CT molecular complexity index is 188. The molecule has 4 nitrogen and oxygen atoms in total. The smallest absolute Gasteiger partial charge is 0.0875 e. The van der Waals surface area contributed by atoms with Crippen molar-refractivity contribution in [2.75, 3.05) is 13.2 Å². The summed E-state index contributed by atoms with van der Waals surface area (Å²) < 4.78 is 11.0. The second kappa shape index (κ2) is 6.56. The van der Waals surface area contributed by atoms with Gasteiger partial charge in [0.05, 0.1) is 25.0 Å². The molecule has 0 saturated carbocycles. The van der Waals surface area contributed by atoms with Gasteiger partial charge in [-0.1, -0.05) is 11.2 Å². The first kappa shape index (κ1) is 11.2. The van der Waals surface area contributed by atoms with Crippen molar-refractivity contribution in [3.63, 3.8) is 0 Å². The Balaban J connectivity index is 2.32. The number of hydrogen-bond donors (Lipinski definition) is 1. The van der Waals surface area contributed by atoms with Crippen LogP contribution in [0.15, 0.2) is 17.8 Å². The molecule has 2 atom stereocenters. The van der Waals surface area contributed by atoms with Gasteiger partial charge in [-0.15, -0.1) is 6.58 Å².